The number of carbonyl (C=O) groups is 10. The molecule has 0 aromatic heterocycles. The van der Waals surface area contributed by atoms with Crippen LogP contribution in [0.5, 0.6) is 5.75 Å². The molecular formula is C55H82LuN14O16S. The summed E-state index contributed by atoms with van der Waals surface area (Å²) in [7, 11) is 0. The Labute approximate surface area is 538 Å². The summed E-state index contributed by atoms with van der Waals surface area (Å²) in [6, 6.07) is 7.25. The Balaban J connectivity index is 0.0000198. The molecule has 17 N–H and O–H groups in total. The second kappa shape index (κ2) is 39.7. The first-order valence-corrected chi connectivity index (χ1v) is 28.8. The second-order valence-electron chi connectivity index (χ2n) is 21.1. The van der Waals surface area contributed by atoms with Gasteiger partial charge in [-0.15, -0.1) is 0 Å². The smallest absolute Gasteiger partial charge is 0.317 e. The van der Waals surface area contributed by atoms with Gasteiger partial charge in [0.15, 0.2) is 11.1 Å². The zero-order valence-corrected chi connectivity index (χ0v) is 50.7. The number of guanidine groups is 1. The van der Waals surface area contributed by atoms with Crippen molar-refractivity contribution in [3.8, 4) is 5.75 Å². The number of unbranched alkanes of at least 4 members (excludes halogenated alkanes) is 3. The molecule has 87 heavy (non-hydrogen) atoms. The van der Waals surface area contributed by atoms with Gasteiger partial charge in [-0.3, -0.25) is 72.5 Å². The predicted octanol–water partition coefficient (Wildman–Crippen LogP) is -2.28. The van der Waals surface area contributed by atoms with Crippen LogP contribution in [0, 0.1) is 36.9 Å². The minimum atomic E-state index is -1.67. The molecule has 2 aromatic rings. The molecule has 0 saturated carbocycles. The van der Waals surface area contributed by atoms with Gasteiger partial charge in [0.25, 0.3) is 0 Å². The Bertz CT molecular complexity index is 2610. The number of aromatic hydroxyl groups is 1. The van der Waals surface area contributed by atoms with Crippen LogP contribution in [0.3, 0.4) is 0 Å². The van der Waals surface area contributed by atoms with Crippen LogP contribution >= 0.6 is 12.2 Å². The minimum absolute atomic E-state index is 0. The van der Waals surface area contributed by atoms with Gasteiger partial charge in [0.1, 0.15) is 29.9 Å². The third kappa shape index (κ3) is 30.4. The molecule has 2 aliphatic heterocycles. The molecule has 5 atom stereocenters. The van der Waals surface area contributed by atoms with Crippen molar-refractivity contribution >= 4 is 88.4 Å². The fourth-order valence-electron chi connectivity index (χ4n) is 9.76. The van der Waals surface area contributed by atoms with Gasteiger partial charge in [-0.25, -0.2) is 0 Å². The van der Waals surface area contributed by atoms with Crippen molar-refractivity contribution in [3.63, 3.8) is 0 Å². The standard InChI is InChI=1S/C55H82N14O16S.Lu/c56-54(57)58-20-6-10-40-50(82)60-29-44(71)62-43(28-45(72)73)53(85)65-42(27-36-13-17-39(70)18-14-36)52(84)64-41(51(83)63-40)9-4-5-19-59-55(86)61-37-15-11-35(12-16-37)7-2-1-3-8-38(69(33-48(78)79)34-49(80)81)30-66-21-23-67(31-46(74)75)25-26-68(24-22-66)32-47(76)77;/h11-18,38,40-43,70H,1-10,19-34H2,(H,60,82)(H,62,71)(H,63,83)(H,64,84)(H,65,85)(H,72,73)(H,74,75)(H,76,77)(H,78,79)(H,80,81)(H4,56,57,58)(H2,59,61,86);/t38?,40-,41-,42+,43-;/m0./s1/i;1+2. The molecule has 1 unspecified atom stereocenters. The summed E-state index contributed by atoms with van der Waals surface area (Å²) in [6.07, 6.45) is 3.29. The molecule has 2 saturated heterocycles. The quantitative estimate of drug-likeness (QED) is 0.0164. The number of nitrogens with two attached hydrogens (primary N) is 2. The molecule has 0 spiro atoms. The number of rotatable bonds is 31. The molecule has 4 rings (SSSR count). The van der Waals surface area contributed by atoms with E-state index < -0.39 is 116 Å². The van der Waals surface area contributed by atoms with Gasteiger partial charge >= 0.3 is 29.8 Å². The molecule has 30 nitrogen and oxygen atoms in total. The maximum atomic E-state index is 14.1. The number of thiocarbonyl (C=S) groups is 1. The molecule has 2 fully saturated rings. The number of benzene rings is 2. The number of nitrogens with zero attached hydrogens (tertiary/aromatic N) is 5. The third-order valence-electron chi connectivity index (χ3n) is 14.2. The predicted molar refractivity (Wildman–Crippen MR) is 317 cm³/mol. The van der Waals surface area contributed by atoms with Crippen molar-refractivity contribution in [2.75, 3.05) is 96.9 Å². The second-order valence-corrected chi connectivity index (χ2v) is 21.5. The molecule has 2 aromatic carbocycles. The number of carboxylic acids is 5. The van der Waals surface area contributed by atoms with E-state index in [2.05, 4.69) is 42.2 Å². The summed E-state index contributed by atoms with van der Waals surface area (Å²) < 4.78 is 0. The zero-order chi connectivity index (χ0) is 63.1. The van der Waals surface area contributed by atoms with Crippen molar-refractivity contribution in [2.24, 2.45) is 16.5 Å². The third-order valence-corrected chi connectivity index (χ3v) is 14.4. The van der Waals surface area contributed by atoms with Crippen LogP contribution in [0.2, 0.25) is 0 Å². The van der Waals surface area contributed by atoms with Crippen molar-refractivity contribution in [3.05, 3.63) is 59.7 Å². The van der Waals surface area contributed by atoms with E-state index >= 15 is 0 Å². The number of amides is 5. The molecule has 32 heteroatoms. The molecule has 5 amide bonds. The van der Waals surface area contributed by atoms with Crippen molar-refractivity contribution in [1.29, 1.82) is 0 Å². The van der Waals surface area contributed by atoms with Crippen LogP contribution in [0.4, 0.5) is 5.69 Å². The Kier molecular flexibility index (Phi) is 33.9. The molecule has 2 heterocycles. The van der Waals surface area contributed by atoms with Crippen LogP contribution in [0.15, 0.2) is 53.5 Å². The number of aliphatic carboxylic acids is 5. The molecule has 489 valence electrons. The summed E-state index contributed by atoms with van der Waals surface area (Å²) in [5, 5.41) is 77.0. The fraction of sp³-hybridized carbons (Fsp3) is 0.564. The number of aliphatic imine (C=N–C) groups is 1. The van der Waals surface area contributed by atoms with E-state index in [-0.39, 0.29) is 93.9 Å². The number of anilines is 1. The van der Waals surface area contributed by atoms with Gasteiger partial charge in [-0.2, -0.15) is 0 Å². The number of hydrogen-bond acceptors (Lipinski definition) is 17. The number of carbonyl (C=O) groups excluding carboxylic acids is 5. The Morgan fingerprint density at radius 3 is 1.71 bits per heavy atom. The number of carboxylic acid groups (broad SMARTS) is 5. The zero-order valence-electron chi connectivity index (χ0n) is 48.2. The Morgan fingerprint density at radius 1 is 0.621 bits per heavy atom. The van der Waals surface area contributed by atoms with E-state index in [1.54, 1.807) is 9.80 Å². The van der Waals surface area contributed by atoms with Gasteiger partial charge in [0, 0.05) is 114 Å². The molecular weight excluding hydrogens is 1320 g/mol. The largest absolute Gasteiger partial charge is 0.508 e. The normalized spacial score (nSPS) is 19.0. The summed E-state index contributed by atoms with van der Waals surface area (Å²) in [6.45, 7) is 0.792. The van der Waals surface area contributed by atoms with Gasteiger partial charge in [-0.05, 0) is 99.0 Å². The van der Waals surface area contributed by atoms with Crippen molar-refractivity contribution < 1.29 is 115 Å². The Hall–Kier alpha value is -7.03. The van der Waals surface area contributed by atoms with Crippen molar-refractivity contribution in [1.82, 2.24) is 51.5 Å². The van der Waals surface area contributed by atoms with E-state index in [0.717, 1.165) is 18.4 Å². The number of nitrogens with one attached hydrogen (secondary N) is 7. The first kappa shape index (κ1) is 74.2. The van der Waals surface area contributed by atoms with Crippen LogP contribution in [0.25, 0.3) is 0 Å². The van der Waals surface area contributed by atoms with Gasteiger partial charge in [0.05, 0.1) is 39.1 Å². The number of hydrogen-bond donors (Lipinski definition) is 15. The fourth-order valence-corrected chi connectivity index (χ4v) is 9.98. The number of aryl methyl sites for hydroxylation is 1. The Morgan fingerprint density at radius 2 is 1.15 bits per heavy atom. The summed E-state index contributed by atoms with van der Waals surface area (Å²) in [4.78, 5) is 138. The average Bonchev–Trinajstić information content (AvgIpc) is 3.86. The minimum Gasteiger partial charge on any atom is -0.508 e. The molecule has 2 aliphatic rings. The van der Waals surface area contributed by atoms with Crippen LogP contribution < -0.4 is 48.7 Å². The molecule has 1 radical (unpaired) electrons. The van der Waals surface area contributed by atoms with Gasteiger partial charge in [-0.1, -0.05) is 37.1 Å². The first-order valence-electron chi connectivity index (χ1n) is 28.4. The number of phenols is 1. The van der Waals surface area contributed by atoms with Crippen LogP contribution in [-0.4, -0.2) is 243 Å². The SMILES string of the molecule is NC(N)=NCCC[C@@H]1NC(=O)[C@H](CCCCNC(=S)Nc2ccc(CCCCCC(CN3CCN(CC(=O)O)CCN(CC(=O)O)CC3)N(CC(=O)O)CC(=O)O)cc2)NC(=O)[C@@H](Cc2ccc(O)cc2)NC(=O)[C@H](CC(=O)O)NC(=O)CNC1=O.[177Lu]. The maximum Gasteiger partial charge on any atom is 0.317 e. The van der Waals surface area contributed by atoms with Crippen molar-refractivity contribution in [2.45, 2.75) is 107 Å². The summed E-state index contributed by atoms with van der Waals surface area (Å²) in [5.41, 5.74) is 13.1. The molecule has 0 bridgehead atoms. The van der Waals surface area contributed by atoms with Crippen LogP contribution in [-0.2, 0) is 60.8 Å². The average molecular weight is 1400 g/mol. The van der Waals surface area contributed by atoms with E-state index in [9.17, 15) is 78.6 Å². The molecule has 0 aliphatic carbocycles. The van der Waals surface area contributed by atoms with E-state index in [1.807, 2.05) is 29.2 Å². The van der Waals surface area contributed by atoms with E-state index in [1.165, 1.54) is 29.2 Å². The van der Waals surface area contributed by atoms with Gasteiger partial charge in [0.2, 0.25) is 29.5 Å². The first-order chi connectivity index (χ1) is 40.9. The maximum absolute atomic E-state index is 14.1. The topological polar surface area (TPSA) is 454 Å². The van der Waals surface area contributed by atoms with E-state index in [4.69, 9.17) is 23.7 Å². The van der Waals surface area contributed by atoms with Gasteiger partial charge < -0.3 is 79.3 Å². The summed E-state index contributed by atoms with van der Waals surface area (Å²) >= 11 is 5.56. The van der Waals surface area contributed by atoms with E-state index in [0.29, 0.717) is 101 Å². The number of phenolic OH excluding ortho intramolecular Hbond substituents is 1. The monoisotopic (exact) mass is 1400 g/mol. The summed E-state index contributed by atoms with van der Waals surface area (Å²) in [5.74, 6) is -10.5. The van der Waals surface area contributed by atoms with Crippen LogP contribution in [0.1, 0.15) is 75.3 Å².